The third-order valence-corrected chi connectivity index (χ3v) is 4.86. The van der Waals surface area contributed by atoms with Crippen LogP contribution in [0.2, 0.25) is 0 Å². The summed E-state index contributed by atoms with van der Waals surface area (Å²) in [5, 5.41) is 3.60. The average molecular weight is 288 g/mol. The van der Waals surface area contributed by atoms with E-state index >= 15 is 0 Å². The zero-order valence-corrected chi connectivity index (χ0v) is 13.3. The topological polar surface area (TPSA) is 55.1 Å². The molecule has 3 N–H and O–H groups in total. The average Bonchev–Trinajstić information content (AvgIpc) is 2.53. The van der Waals surface area contributed by atoms with E-state index in [2.05, 4.69) is 36.5 Å². The second-order valence-electron chi connectivity index (χ2n) is 6.15. The molecule has 1 amide bonds. The van der Waals surface area contributed by atoms with Gasteiger partial charge in [-0.1, -0.05) is 57.4 Å². The summed E-state index contributed by atoms with van der Waals surface area (Å²) < 4.78 is 0. The Hall–Kier alpha value is -1.35. The zero-order valence-electron chi connectivity index (χ0n) is 13.3. The lowest BCUT2D eigenvalue weighted by molar-refractivity contribution is -0.125. The maximum absolute atomic E-state index is 12.2. The Morgan fingerprint density at radius 3 is 2.29 bits per heavy atom. The molecule has 2 rings (SSSR count). The lowest BCUT2D eigenvalue weighted by atomic mass is 9.83. The number of rotatable bonds is 6. The Labute approximate surface area is 128 Å². The molecule has 1 saturated carbocycles. The summed E-state index contributed by atoms with van der Waals surface area (Å²) in [6.45, 7) is 4.17. The van der Waals surface area contributed by atoms with Gasteiger partial charge in [0.25, 0.3) is 0 Å². The monoisotopic (exact) mass is 288 g/mol. The minimum Gasteiger partial charge on any atom is -0.368 e. The second-order valence-corrected chi connectivity index (χ2v) is 6.15. The number of carbonyl (C=O) groups is 1. The Morgan fingerprint density at radius 1 is 1.19 bits per heavy atom. The largest absolute Gasteiger partial charge is 0.368 e. The van der Waals surface area contributed by atoms with E-state index in [9.17, 15) is 4.79 Å². The predicted molar refractivity (Wildman–Crippen MR) is 87.0 cm³/mol. The number of aryl methyl sites for hydroxylation is 1. The Bertz CT molecular complexity index is 463. The molecule has 116 valence electrons. The molecule has 0 radical (unpaired) electrons. The van der Waals surface area contributed by atoms with Gasteiger partial charge in [-0.05, 0) is 36.8 Å². The van der Waals surface area contributed by atoms with Crippen molar-refractivity contribution >= 4 is 5.91 Å². The Kier molecular flexibility index (Phi) is 5.40. The maximum Gasteiger partial charge on any atom is 0.242 e. The highest BCUT2D eigenvalue weighted by Crippen LogP contribution is 2.29. The van der Waals surface area contributed by atoms with Gasteiger partial charge in [-0.2, -0.15) is 0 Å². The quantitative estimate of drug-likeness (QED) is 0.844. The van der Waals surface area contributed by atoms with Gasteiger partial charge in [-0.15, -0.1) is 0 Å². The van der Waals surface area contributed by atoms with Crippen LogP contribution in [-0.2, 0) is 16.8 Å². The molecule has 0 bridgehead atoms. The summed E-state index contributed by atoms with van der Waals surface area (Å²) >= 11 is 0. The molecule has 0 saturated heterocycles. The van der Waals surface area contributed by atoms with Crippen LogP contribution >= 0.6 is 0 Å². The van der Waals surface area contributed by atoms with Crippen LogP contribution in [0.25, 0.3) is 0 Å². The molecule has 3 heteroatoms. The molecule has 1 unspecified atom stereocenters. The van der Waals surface area contributed by atoms with Crippen LogP contribution in [0.3, 0.4) is 0 Å². The molecular formula is C18H28N2O. The van der Waals surface area contributed by atoms with Crippen molar-refractivity contribution < 1.29 is 4.79 Å². The number of hydrogen-bond donors (Lipinski definition) is 2. The van der Waals surface area contributed by atoms with Crippen molar-refractivity contribution in [2.24, 2.45) is 5.73 Å². The molecule has 1 fully saturated rings. The smallest absolute Gasteiger partial charge is 0.242 e. The highest BCUT2D eigenvalue weighted by molar-refractivity contribution is 5.86. The number of benzene rings is 1. The zero-order chi connectivity index (χ0) is 15.3. The highest BCUT2D eigenvalue weighted by atomic mass is 16.1. The van der Waals surface area contributed by atoms with Crippen LogP contribution in [-0.4, -0.2) is 11.9 Å². The van der Waals surface area contributed by atoms with Gasteiger partial charge in [-0.3, -0.25) is 10.1 Å². The molecule has 0 aliphatic heterocycles. The molecular weight excluding hydrogens is 260 g/mol. The predicted octanol–water partition coefficient (Wildman–Crippen LogP) is 3.26. The molecule has 1 aromatic carbocycles. The molecule has 0 heterocycles. The summed E-state index contributed by atoms with van der Waals surface area (Å²) in [5.41, 5.74) is 7.36. The number of carbonyl (C=O) groups excluding carboxylic acids is 1. The van der Waals surface area contributed by atoms with E-state index in [4.69, 9.17) is 5.73 Å². The normalized spacial score (nSPS) is 19.1. The first-order valence-electron chi connectivity index (χ1n) is 8.29. The lowest BCUT2D eigenvalue weighted by Gasteiger charge is -2.37. The van der Waals surface area contributed by atoms with Crippen LogP contribution in [0, 0.1) is 0 Å². The molecule has 21 heavy (non-hydrogen) atoms. The van der Waals surface area contributed by atoms with Crippen molar-refractivity contribution in [2.75, 3.05) is 0 Å². The molecule has 0 spiro atoms. The number of nitrogens with one attached hydrogen (secondary N) is 1. The first-order valence-corrected chi connectivity index (χ1v) is 8.29. The van der Waals surface area contributed by atoms with E-state index in [0.717, 1.165) is 24.8 Å². The molecule has 0 aromatic heterocycles. The SMILES string of the molecule is CCc1ccc(C(CC)(NC2CCCCC2)C(N)=O)cc1. The fourth-order valence-electron chi connectivity index (χ4n) is 3.40. The van der Waals surface area contributed by atoms with Crippen LogP contribution in [0.1, 0.15) is 63.5 Å². The van der Waals surface area contributed by atoms with Crippen molar-refractivity contribution in [1.29, 1.82) is 0 Å². The third-order valence-electron chi connectivity index (χ3n) is 4.86. The van der Waals surface area contributed by atoms with Gasteiger partial charge in [0, 0.05) is 6.04 Å². The van der Waals surface area contributed by atoms with Gasteiger partial charge >= 0.3 is 0 Å². The minimum absolute atomic E-state index is 0.264. The van der Waals surface area contributed by atoms with Gasteiger partial charge in [0.2, 0.25) is 5.91 Å². The summed E-state index contributed by atoms with van der Waals surface area (Å²) in [7, 11) is 0. The summed E-state index contributed by atoms with van der Waals surface area (Å²) in [5.74, 6) is -0.264. The Balaban J connectivity index is 2.28. The minimum atomic E-state index is -0.728. The number of amides is 1. The van der Waals surface area contributed by atoms with Crippen LogP contribution in [0.15, 0.2) is 24.3 Å². The van der Waals surface area contributed by atoms with Crippen LogP contribution in [0.5, 0.6) is 0 Å². The first-order chi connectivity index (χ1) is 10.1. The fourth-order valence-corrected chi connectivity index (χ4v) is 3.40. The second kappa shape index (κ2) is 7.08. The van der Waals surface area contributed by atoms with E-state index in [1.165, 1.54) is 24.8 Å². The van der Waals surface area contributed by atoms with E-state index in [0.29, 0.717) is 12.5 Å². The van der Waals surface area contributed by atoms with Crippen molar-refractivity contribution in [3.8, 4) is 0 Å². The van der Waals surface area contributed by atoms with Gasteiger partial charge in [0.05, 0.1) is 0 Å². The number of hydrogen-bond acceptors (Lipinski definition) is 2. The molecule has 1 aromatic rings. The summed E-state index contributed by atoms with van der Waals surface area (Å²) in [6.07, 6.45) is 7.76. The summed E-state index contributed by atoms with van der Waals surface area (Å²) in [6, 6.07) is 8.72. The molecule has 1 atom stereocenters. The third kappa shape index (κ3) is 3.46. The first kappa shape index (κ1) is 16.0. The molecule has 1 aliphatic carbocycles. The van der Waals surface area contributed by atoms with Gasteiger partial charge in [-0.25, -0.2) is 0 Å². The number of nitrogens with two attached hydrogens (primary N) is 1. The lowest BCUT2D eigenvalue weighted by Crippen LogP contribution is -2.56. The van der Waals surface area contributed by atoms with Crippen molar-refractivity contribution in [3.05, 3.63) is 35.4 Å². The molecule has 1 aliphatic rings. The van der Waals surface area contributed by atoms with E-state index < -0.39 is 5.54 Å². The standard InChI is InChI=1S/C18H28N2O/c1-3-14-10-12-15(13-11-14)18(4-2,17(19)21)20-16-8-6-5-7-9-16/h10-13,16,20H,3-9H2,1-2H3,(H2,19,21). The van der Waals surface area contributed by atoms with Gasteiger partial charge < -0.3 is 5.73 Å². The van der Waals surface area contributed by atoms with Crippen LogP contribution in [0.4, 0.5) is 0 Å². The van der Waals surface area contributed by atoms with E-state index in [1.807, 2.05) is 6.92 Å². The number of primary amides is 1. The Morgan fingerprint density at radius 2 is 1.81 bits per heavy atom. The van der Waals surface area contributed by atoms with Crippen molar-refractivity contribution in [1.82, 2.24) is 5.32 Å². The maximum atomic E-state index is 12.2. The van der Waals surface area contributed by atoms with Gasteiger partial charge in [0.15, 0.2) is 0 Å². The van der Waals surface area contributed by atoms with Crippen LogP contribution < -0.4 is 11.1 Å². The molecule has 3 nitrogen and oxygen atoms in total. The van der Waals surface area contributed by atoms with Crippen molar-refractivity contribution in [3.63, 3.8) is 0 Å². The van der Waals surface area contributed by atoms with E-state index in [1.54, 1.807) is 0 Å². The summed E-state index contributed by atoms with van der Waals surface area (Å²) in [4.78, 5) is 12.2. The van der Waals surface area contributed by atoms with Gasteiger partial charge in [0.1, 0.15) is 5.54 Å². The van der Waals surface area contributed by atoms with Crippen molar-refractivity contribution in [2.45, 2.75) is 70.4 Å². The fraction of sp³-hybridized carbons (Fsp3) is 0.611. The highest BCUT2D eigenvalue weighted by Gasteiger charge is 2.38. The van der Waals surface area contributed by atoms with E-state index in [-0.39, 0.29) is 5.91 Å².